The molecule has 2 bridgehead atoms. The number of fused-ring (bicyclic) bond motifs is 2. The summed E-state index contributed by atoms with van der Waals surface area (Å²) in [6, 6.07) is 10.0. The van der Waals surface area contributed by atoms with Gasteiger partial charge in [-0.25, -0.2) is 0 Å². The Morgan fingerprint density at radius 3 is 2.52 bits per heavy atom. The van der Waals surface area contributed by atoms with Gasteiger partial charge in [0.1, 0.15) is 0 Å². The summed E-state index contributed by atoms with van der Waals surface area (Å²) in [6.07, 6.45) is 5.28. The van der Waals surface area contributed by atoms with Crippen molar-refractivity contribution in [2.75, 3.05) is 13.7 Å². The van der Waals surface area contributed by atoms with Gasteiger partial charge in [0, 0.05) is 0 Å². The minimum absolute atomic E-state index is 0.0523. The number of rotatable bonds is 5. The topological polar surface area (TPSA) is 29.5 Å². The van der Waals surface area contributed by atoms with Crippen LogP contribution in [0.15, 0.2) is 36.9 Å². The van der Waals surface area contributed by atoms with Gasteiger partial charge in [-0.2, -0.15) is 0 Å². The van der Waals surface area contributed by atoms with E-state index in [1.807, 2.05) is 6.08 Å². The predicted molar refractivity (Wildman–Crippen MR) is 106 cm³/mol. The molecule has 4 heteroatoms. The van der Waals surface area contributed by atoms with Gasteiger partial charge in [0.2, 0.25) is 0 Å². The van der Waals surface area contributed by atoms with Crippen molar-refractivity contribution in [1.82, 2.24) is 4.90 Å². The molecule has 25 heavy (non-hydrogen) atoms. The molecule has 0 aliphatic carbocycles. The van der Waals surface area contributed by atoms with Crippen molar-refractivity contribution in [3.05, 3.63) is 42.5 Å². The summed E-state index contributed by atoms with van der Waals surface area (Å²) >= 11 is -2.04. The van der Waals surface area contributed by atoms with Gasteiger partial charge < -0.3 is 0 Å². The molecule has 0 spiro atoms. The molecular formula is C21H31NO2Sn. The first-order valence-corrected chi connectivity index (χ1v) is 19.4. The van der Waals surface area contributed by atoms with Gasteiger partial charge in [0.05, 0.1) is 0 Å². The molecule has 2 unspecified atom stereocenters. The van der Waals surface area contributed by atoms with Gasteiger partial charge in [-0.15, -0.1) is 0 Å². The number of benzene rings is 1. The van der Waals surface area contributed by atoms with Gasteiger partial charge in [-0.05, 0) is 0 Å². The number of methoxy groups -OCH3 is 1. The maximum absolute atomic E-state index is 12.7. The molecular weight excluding hydrogens is 417 g/mol. The van der Waals surface area contributed by atoms with E-state index in [1.165, 1.54) is 19.1 Å². The summed E-state index contributed by atoms with van der Waals surface area (Å²) in [5.41, 5.74) is 1.31. The van der Waals surface area contributed by atoms with E-state index in [0.717, 1.165) is 19.4 Å². The Bertz CT molecular complexity index is 634. The second kappa shape index (κ2) is 7.43. The molecule has 0 aromatic heterocycles. The SMILES string of the molecule is C=CCN1C2CC[C@@H]1C[C@H](c1cc[c]([Sn]([CH3])([CH3])[CH3])cc1)C2C(=O)OC. The van der Waals surface area contributed by atoms with Crippen LogP contribution >= 0.6 is 0 Å². The Labute approximate surface area is 156 Å². The third-order valence-electron chi connectivity index (χ3n) is 6.08. The van der Waals surface area contributed by atoms with Crippen molar-refractivity contribution in [2.24, 2.45) is 5.92 Å². The number of esters is 1. The van der Waals surface area contributed by atoms with Gasteiger partial charge in [-0.1, -0.05) is 0 Å². The molecule has 2 heterocycles. The molecule has 4 atom stereocenters. The van der Waals surface area contributed by atoms with Crippen LogP contribution in [0.4, 0.5) is 0 Å². The number of carbonyl (C=O) groups excluding carboxylic acids is 1. The quantitative estimate of drug-likeness (QED) is 0.393. The fraction of sp³-hybridized carbons (Fsp3) is 0.571. The Kier molecular flexibility index (Phi) is 5.64. The summed E-state index contributed by atoms with van der Waals surface area (Å²) in [5, 5.41) is 0. The molecule has 2 fully saturated rings. The molecule has 2 saturated heterocycles. The fourth-order valence-electron chi connectivity index (χ4n) is 4.78. The molecule has 0 N–H and O–H groups in total. The third-order valence-corrected chi connectivity index (χ3v) is 12.0. The second-order valence-corrected chi connectivity index (χ2v) is 23.0. The van der Waals surface area contributed by atoms with Crippen molar-refractivity contribution >= 4 is 27.9 Å². The number of carbonyl (C=O) groups is 1. The van der Waals surface area contributed by atoms with Crippen LogP contribution in [0.2, 0.25) is 14.8 Å². The average Bonchev–Trinajstić information content (AvgIpc) is 2.85. The van der Waals surface area contributed by atoms with Crippen molar-refractivity contribution in [3.63, 3.8) is 0 Å². The molecule has 0 saturated carbocycles. The molecule has 136 valence electrons. The molecule has 1 aromatic carbocycles. The van der Waals surface area contributed by atoms with E-state index < -0.39 is 18.4 Å². The van der Waals surface area contributed by atoms with Gasteiger partial charge in [-0.3, -0.25) is 0 Å². The van der Waals surface area contributed by atoms with Crippen molar-refractivity contribution in [1.29, 1.82) is 0 Å². The van der Waals surface area contributed by atoms with Crippen LogP contribution in [0.5, 0.6) is 0 Å². The van der Waals surface area contributed by atoms with Crippen LogP contribution in [0.25, 0.3) is 0 Å². The van der Waals surface area contributed by atoms with E-state index >= 15 is 0 Å². The van der Waals surface area contributed by atoms with Gasteiger partial charge >= 0.3 is 156 Å². The van der Waals surface area contributed by atoms with Gasteiger partial charge in [0.15, 0.2) is 0 Å². The van der Waals surface area contributed by atoms with Gasteiger partial charge in [0.25, 0.3) is 0 Å². The van der Waals surface area contributed by atoms with E-state index in [-0.39, 0.29) is 23.8 Å². The van der Waals surface area contributed by atoms with Crippen molar-refractivity contribution in [2.45, 2.75) is 52.1 Å². The van der Waals surface area contributed by atoms with Crippen LogP contribution in [-0.4, -0.2) is 55.0 Å². The number of hydrogen-bond acceptors (Lipinski definition) is 3. The molecule has 2 aliphatic rings. The first-order chi connectivity index (χ1) is 11.9. The van der Waals surface area contributed by atoms with E-state index in [0.29, 0.717) is 6.04 Å². The minimum atomic E-state index is -2.04. The number of ether oxygens (including phenoxy) is 1. The summed E-state index contributed by atoms with van der Waals surface area (Å²) in [7, 11) is 1.52. The monoisotopic (exact) mass is 449 g/mol. The van der Waals surface area contributed by atoms with E-state index in [1.54, 1.807) is 3.58 Å². The summed E-state index contributed by atoms with van der Waals surface area (Å²) in [6.45, 7) is 4.77. The first-order valence-electron chi connectivity index (χ1n) is 9.41. The number of nitrogens with zero attached hydrogens (tertiary/aromatic N) is 1. The van der Waals surface area contributed by atoms with Crippen molar-refractivity contribution in [3.8, 4) is 0 Å². The van der Waals surface area contributed by atoms with Crippen LogP contribution in [0, 0.1) is 5.92 Å². The Morgan fingerprint density at radius 1 is 1.28 bits per heavy atom. The predicted octanol–water partition coefficient (Wildman–Crippen LogP) is 3.53. The van der Waals surface area contributed by atoms with Crippen molar-refractivity contribution < 1.29 is 9.53 Å². The molecule has 0 amide bonds. The normalized spacial score (nSPS) is 29.4. The summed E-state index contributed by atoms with van der Waals surface area (Å²) in [5.74, 6) is 0.159. The zero-order chi connectivity index (χ0) is 18.2. The van der Waals surface area contributed by atoms with Crippen LogP contribution in [0.1, 0.15) is 30.7 Å². The second-order valence-electron chi connectivity index (χ2n) is 8.55. The summed E-state index contributed by atoms with van der Waals surface area (Å²) in [4.78, 5) is 22.4. The standard InChI is InChI=1S/C18H22NO2.3CH3.Sn/c1-3-11-19-14-9-10-16(19)17(18(20)21-2)15(12-14)13-7-5-4-6-8-13;;;;/h3,5-8,14-17H,1,9-12H2,2H3;3*1H3;/t14-,15-,16?,17?;;;;/m1..../s1. The Hall–Kier alpha value is -0.811. The Balaban J connectivity index is 1.92. The third kappa shape index (κ3) is 3.68. The molecule has 3 rings (SSSR count). The van der Waals surface area contributed by atoms with E-state index in [2.05, 4.69) is 50.6 Å². The molecule has 3 nitrogen and oxygen atoms in total. The number of piperidine rings is 1. The van der Waals surface area contributed by atoms with E-state index in [4.69, 9.17) is 4.74 Å². The zero-order valence-electron chi connectivity index (χ0n) is 16.0. The van der Waals surface area contributed by atoms with E-state index in [9.17, 15) is 4.79 Å². The Morgan fingerprint density at radius 2 is 1.96 bits per heavy atom. The summed E-state index contributed by atoms with van der Waals surface area (Å²) < 4.78 is 6.76. The molecule has 1 aromatic rings. The van der Waals surface area contributed by atoms with Crippen LogP contribution < -0.4 is 3.58 Å². The number of hydrogen-bond donors (Lipinski definition) is 0. The van der Waals surface area contributed by atoms with Crippen LogP contribution in [0.3, 0.4) is 0 Å². The first kappa shape index (κ1) is 19.0. The maximum atomic E-state index is 12.7. The zero-order valence-corrected chi connectivity index (χ0v) is 18.8. The van der Waals surface area contributed by atoms with Crippen LogP contribution in [-0.2, 0) is 9.53 Å². The fourth-order valence-corrected chi connectivity index (χ4v) is 8.11. The average molecular weight is 448 g/mol. The molecule has 0 radical (unpaired) electrons. The molecule has 2 aliphatic heterocycles.